The Labute approximate surface area is 89.9 Å². The number of hydrogen-bond acceptors (Lipinski definition) is 3. The molecule has 3 nitrogen and oxygen atoms in total. The van der Waals surface area contributed by atoms with Crippen molar-refractivity contribution in [2.45, 2.75) is 18.9 Å². The van der Waals surface area contributed by atoms with Crippen LogP contribution in [-0.2, 0) is 12.5 Å². The summed E-state index contributed by atoms with van der Waals surface area (Å²) < 4.78 is 25.3. The van der Waals surface area contributed by atoms with Crippen molar-refractivity contribution in [3.05, 3.63) is 28.6 Å². The Morgan fingerprint density at radius 2 is 2.27 bits per heavy atom. The van der Waals surface area contributed by atoms with Crippen LogP contribution in [-0.4, -0.2) is 10.1 Å². The zero-order valence-corrected chi connectivity index (χ0v) is 8.30. The van der Waals surface area contributed by atoms with Crippen molar-refractivity contribution in [2.75, 3.05) is 0 Å². The molecule has 0 bridgehead atoms. The van der Waals surface area contributed by atoms with Gasteiger partial charge in [0.15, 0.2) is 0 Å². The monoisotopic (exact) mass is 232 g/mol. The van der Waals surface area contributed by atoms with Crippen molar-refractivity contribution < 1.29 is 13.9 Å². The lowest BCUT2D eigenvalue weighted by atomic mass is 10.0. The fourth-order valence-corrected chi connectivity index (χ4v) is 1.42. The average Bonchev–Trinajstić information content (AvgIpc) is 2.26. The second kappa shape index (κ2) is 5.01. The van der Waals surface area contributed by atoms with Crippen LogP contribution in [0, 0.1) is 11.3 Å². The Morgan fingerprint density at radius 1 is 1.60 bits per heavy atom. The lowest BCUT2D eigenvalue weighted by Gasteiger charge is -2.10. The Morgan fingerprint density at radius 3 is 2.67 bits per heavy atom. The van der Waals surface area contributed by atoms with Gasteiger partial charge >= 0.3 is 0 Å². The van der Waals surface area contributed by atoms with E-state index in [1.807, 2.05) is 0 Å². The lowest BCUT2D eigenvalue weighted by molar-refractivity contribution is 0.149. The molecule has 0 spiro atoms. The van der Waals surface area contributed by atoms with Crippen LogP contribution in [0.3, 0.4) is 0 Å². The van der Waals surface area contributed by atoms with E-state index in [1.165, 1.54) is 0 Å². The molecule has 1 aromatic heterocycles. The van der Waals surface area contributed by atoms with E-state index in [4.69, 9.17) is 22.0 Å². The van der Waals surface area contributed by atoms with Crippen molar-refractivity contribution in [3.63, 3.8) is 0 Å². The molecule has 1 heterocycles. The Kier molecular flexibility index (Phi) is 3.95. The van der Waals surface area contributed by atoms with E-state index in [0.717, 1.165) is 6.20 Å². The second-order valence-electron chi connectivity index (χ2n) is 2.72. The summed E-state index contributed by atoms with van der Waals surface area (Å²) in [6.45, 7) is -0.550. The van der Waals surface area contributed by atoms with Crippen molar-refractivity contribution >= 4 is 11.6 Å². The first kappa shape index (κ1) is 11.8. The van der Waals surface area contributed by atoms with E-state index in [1.54, 1.807) is 6.07 Å². The number of nitriles is 1. The van der Waals surface area contributed by atoms with E-state index in [-0.39, 0.29) is 22.7 Å². The minimum Gasteiger partial charge on any atom is -0.390 e. The molecule has 0 aliphatic heterocycles. The third kappa shape index (κ3) is 2.22. The maximum Gasteiger partial charge on any atom is 0.265 e. The van der Waals surface area contributed by atoms with Gasteiger partial charge in [-0.2, -0.15) is 5.26 Å². The molecule has 1 N–H and O–H groups in total. The van der Waals surface area contributed by atoms with E-state index < -0.39 is 18.6 Å². The summed E-state index contributed by atoms with van der Waals surface area (Å²) in [5.41, 5.74) is -0.667. The quantitative estimate of drug-likeness (QED) is 0.812. The predicted octanol–water partition coefficient (Wildman–Crippen LogP) is 2.12. The van der Waals surface area contributed by atoms with E-state index >= 15 is 0 Å². The average molecular weight is 233 g/mol. The number of aliphatic hydroxyl groups is 1. The highest BCUT2D eigenvalue weighted by molar-refractivity contribution is 6.17. The van der Waals surface area contributed by atoms with Gasteiger partial charge in [-0.05, 0) is 5.56 Å². The Hall–Kier alpha value is -1.25. The van der Waals surface area contributed by atoms with Crippen LogP contribution < -0.4 is 0 Å². The second-order valence-corrected chi connectivity index (χ2v) is 2.99. The van der Waals surface area contributed by atoms with E-state index in [0.29, 0.717) is 0 Å². The molecule has 0 amide bonds. The van der Waals surface area contributed by atoms with Gasteiger partial charge in [0.1, 0.15) is 6.07 Å². The van der Waals surface area contributed by atoms with Gasteiger partial charge in [-0.3, -0.25) is 4.98 Å². The minimum absolute atomic E-state index is 0.0540. The number of halogens is 3. The molecule has 6 heteroatoms. The number of aliphatic hydroxyl groups excluding tert-OH is 1. The number of pyridine rings is 1. The normalized spacial score (nSPS) is 10.4. The number of hydrogen-bond donors (Lipinski definition) is 1. The topological polar surface area (TPSA) is 56.9 Å². The molecule has 15 heavy (non-hydrogen) atoms. The van der Waals surface area contributed by atoms with Gasteiger partial charge < -0.3 is 5.11 Å². The molecule has 0 aliphatic carbocycles. The van der Waals surface area contributed by atoms with Crippen LogP contribution in [0.4, 0.5) is 8.78 Å². The molecule has 0 saturated heterocycles. The first-order chi connectivity index (χ1) is 7.15. The lowest BCUT2D eigenvalue weighted by Crippen LogP contribution is -2.04. The summed E-state index contributed by atoms with van der Waals surface area (Å²) >= 11 is 5.46. The fourth-order valence-electron chi connectivity index (χ4n) is 1.21. The standard InChI is InChI=1S/C9H7ClF2N2O/c10-1-5-3-14-7(4-15)6(2-13)8(5)9(11)12/h3,9,15H,1,4H2. The fraction of sp³-hybridized carbons (Fsp3) is 0.333. The summed E-state index contributed by atoms with van der Waals surface area (Å²) in [4.78, 5) is 3.69. The summed E-state index contributed by atoms with van der Waals surface area (Å²) in [7, 11) is 0. The third-order valence-corrected chi connectivity index (χ3v) is 2.19. The Bertz CT molecular complexity index is 404. The molecule has 0 saturated carbocycles. The van der Waals surface area contributed by atoms with Gasteiger partial charge in [-0.1, -0.05) is 0 Å². The highest BCUT2D eigenvalue weighted by Crippen LogP contribution is 2.28. The minimum atomic E-state index is -2.80. The molecule has 1 aromatic rings. The van der Waals surface area contributed by atoms with Gasteiger partial charge in [0.25, 0.3) is 6.43 Å². The highest BCUT2D eigenvalue weighted by Gasteiger charge is 2.21. The van der Waals surface area contributed by atoms with Crippen LogP contribution in [0.1, 0.15) is 28.8 Å². The summed E-state index contributed by atoms with van der Waals surface area (Å²) in [6.07, 6.45) is -1.65. The maximum absolute atomic E-state index is 12.7. The molecular weight excluding hydrogens is 226 g/mol. The van der Waals surface area contributed by atoms with Crippen LogP contribution in [0.25, 0.3) is 0 Å². The SMILES string of the molecule is N#Cc1c(CO)ncc(CCl)c1C(F)F. The maximum atomic E-state index is 12.7. The molecule has 0 atom stereocenters. The molecular formula is C9H7ClF2N2O. The first-order valence-corrected chi connectivity index (χ1v) is 4.54. The molecule has 0 aromatic carbocycles. The number of aromatic nitrogens is 1. The van der Waals surface area contributed by atoms with Gasteiger partial charge in [-0.15, -0.1) is 11.6 Å². The highest BCUT2D eigenvalue weighted by atomic mass is 35.5. The number of nitrogens with zero attached hydrogens (tertiary/aromatic N) is 2. The van der Waals surface area contributed by atoms with Crippen molar-refractivity contribution in [1.29, 1.82) is 5.26 Å². The summed E-state index contributed by atoms with van der Waals surface area (Å²) in [5, 5.41) is 17.5. The van der Waals surface area contributed by atoms with Crippen LogP contribution in [0.2, 0.25) is 0 Å². The van der Waals surface area contributed by atoms with E-state index in [9.17, 15) is 8.78 Å². The van der Waals surface area contributed by atoms with Crippen molar-refractivity contribution in [3.8, 4) is 6.07 Å². The third-order valence-electron chi connectivity index (χ3n) is 1.90. The predicted molar refractivity (Wildman–Crippen MR) is 49.4 cm³/mol. The molecule has 0 fully saturated rings. The zero-order valence-electron chi connectivity index (χ0n) is 7.54. The van der Waals surface area contributed by atoms with E-state index in [2.05, 4.69) is 4.98 Å². The van der Waals surface area contributed by atoms with Gasteiger partial charge in [0, 0.05) is 17.6 Å². The van der Waals surface area contributed by atoms with Gasteiger partial charge in [0.2, 0.25) is 0 Å². The molecule has 80 valence electrons. The summed E-state index contributed by atoms with van der Waals surface area (Å²) in [5.74, 6) is -0.146. The van der Waals surface area contributed by atoms with Crippen molar-refractivity contribution in [1.82, 2.24) is 4.98 Å². The zero-order chi connectivity index (χ0) is 11.4. The molecule has 0 radical (unpaired) electrons. The number of rotatable bonds is 3. The van der Waals surface area contributed by atoms with Gasteiger partial charge in [0.05, 0.1) is 17.9 Å². The largest absolute Gasteiger partial charge is 0.390 e. The summed E-state index contributed by atoms with van der Waals surface area (Å²) in [6, 6.07) is 1.61. The molecule has 0 aliphatic rings. The van der Waals surface area contributed by atoms with Crippen LogP contribution >= 0.6 is 11.6 Å². The van der Waals surface area contributed by atoms with Crippen molar-refractivity contribution in [2.24, 2.45) is 0 Å². The smallest absolute Gasteiger partial charge is 0.265 e. The van der Waals surface area contributed by atoms with Crippen LogP contribution in [0.5, 0.6) is 0 Å². The Balaban J connectivity index is 3.46. The first-order valence-electron chi connectivity index (χ1n) is 4.01. The van der Waals surface area contributed by atoms with Gasteiger partial charge in [-0.25, -0.2) is 8.78 Å². The molecule has 1 rings (SSSR count). The number of alkyl halides is 3. The molecule has 0 unspecified atom stereocenters. The van der Waals surface area contributed by atoms with Crippen LogP contribution in [0.15, 0.2) is 6.20 Å².